The maximum absolute atomic E-state index is 13.5. The van der Waals surface area contributed by atoms with Crippen LogP contribution in [0, 0.1) is 0 Å². The first-order valence-electron chi connectivity index (χ1n) is 10.7. The molecule has 1 unspecified atom stereocenters. The standard InChI is InChI=1S/C27H20BrN3O2S/c1-17(25(32)30-22-13-11-21(28)12-14-22)31-16-29-26-24(27(31)33)23(15-34-26)20-9-7-19(8-10-20)18-5-3-2-4-6-18/h2-17H,1H3,(H,30,32). The van der Waals surface area contributed by atoms with Gasteiger partial charge in [-0.25, -0.2) is 4.98 Å². The predicted octanol–water partition coefficient (Wildman–Crippen LogP) is 6.75. The van der Waals surface area contributed by atoms with E-state index < -0.39 is 6.04 Å². The van der Waals surface area contributed by atoms with Crippen LogP contribution < -0.4 is 10.9 Å². The smallest absolute Gasteiger partial charge is 0.263 e. The first-order valence-corrected chi connectivity index (χ1v) is 12.4. The van der Waals surface area contributed by atoms with Gasteiger partial charge >= 0.3 is 0 Å². The molecule has 0 saturated heterocycles. The van der Waals surface area contributed by atoms with Crippen LogP contribution in [0.5, 0.6) is 0 Å². The minimum atomic E-state index is -0.721. The summed E-state index contributed by atoms with van der Waals surface area (Å²) in [5.74, 6) is -0.283. The van der Waals surface area contributed by atoms with Gasteiger partial charge in [-0.05, 0) is 47.9 Å². The summed E-state index contributed by atoms with van der Waals surface area (Å²) in [5, 5.41) is 5.34. The van der Waals surface area contributed by atoms with Gasteiger partial charge in [0.05, 0.1) is 11.7 Å². The first-order chi connectivity index (χ1) is 16.5. The van der Waals surface area contributed by atoms with Crippen LogP contribution in [0.4, 0.5) is 5.69 Å². The number of amides is 1. The van der Waals surface area contributed by atoms with Crippen molar-refractivity contribution in [1.29, 1.82) is 0 Å². The maximum atomic E-state index is 13.5. The number of thiophene rings is 1. The molecular formula is C27H20BrN3O2S. The Morgan fingerprint density at radius 1 is 0.941 bits per heavy atom. The van der Waals surface area contributed by atoms with Gasteiger partial charge < -0.3 is 5.32 Å². The zero-order chi connectivity index (χ0) is 23.7. The van der Waals surface area contributed by atoms with Crippen LogP contribution in [-0.4, -0.2) is 15.5 Å². The molecule has 5 rings (SSSR count). The van der Waals surface area contributed by atoms with Crippen molar-refractivity contribution in [3.8, 4) is 22.3 Å². The highest BCUT2D eigenvalue weighted by atomic mass is 79.9. The topological polar surface area (TPSA) is 64.0 Å². The zero-order valence-corrected chi connectivity index (χ0v) is 20.6. The monoisotopic (exact) mass is 529 g/mol. The highest BCUT2D eigenvalue weighted by Crippen LogP contribution is 2.32. The number of aromatic nitrogens is 2. The number of hydrogen-bond acceptors (Lipinski definition) is 4. The fourth-order valence-corrected chi connectivity index (χ4v) is 4.98. The van der Waals surface area contributed by atoms with Crippen LogP contribution in [0.2, 0.25) is 0 Å². The number of halogens is 1. The van der Waals surface area contributed by atoms with E-state index in [0.717, 1.165) is 26.7 Å². The molecule has 5 aromatic rings. The van der Waals surface area contributed by atoms with E-state index in [0.29, 0.717) is 15.9 Å². The molecule has 0 fully saturated rings. The Morgan fingerprint density at radius 3 is 2.29 bits per heavy atom. The van der Waals surface area contributed by atoms with Crippen molar-refractivity contribution >= 4 is 49.1 Å². The molecule has 3 aromatic carbocycles. The Labute approximate surface area is 208 Å². The second-order valence-corrected chi connectivity index (χ2v) is 9.68. The van der Waals surface area contributed by atoms with E-state index in [2.05, 4.69) is 50.5 Å². The van der Waals surface area contributed by atoms with E-state index in [1.165, 1.54) is 22.2 Å². The minimum absolute atomic E-state index is 0.230. The van der Waals surface area contributed by atoms with Crippen molar-refractivity contribution in [2.45, 2.75) is 13.0 Å². The highest BCUT2D eigenvalue weighted by molar-refractivity contribution is 9.10. The first kappa shape index (κ1) is 22.3. The summed E-state index contributed by atoms with van der Waals surface area (Å²) in [6.07, 6.45) is 1.45. The number of rotatable bonds is 5. The number of anilines is 1. The van der Waals surface area contributed by atoms with Crippen molar-refractivity contribution in [2.75, 3.05) is 5.32 Å². The second kappa shape index (κ2) is 9.37. The third kappa shape index (κ3) is 4.32. The molecule has 0 aliphatic carbocycles. The summed E-state index contributed by atoms with van der Waals surface area (Å²) in [6.45, 7) is 1.70. The molecule has 0 bridgehead atoms. The average molecular weight is 530 g/mol. The number of carbonyl (C=O) groups excluding carboxylic acids is 1. The van der Waals surface area contributed by atoms with Gasteiger partial charge in [-0.3, -0.25) is 14.2 Å². The van der Waals surface area contributed by atoms with Gasteiger partial charge in [0.1, 0.15) is 10.9 Å². The molecule has 0 aliphatic rings. The third-order valence-electron chi connectivity index (χ3n) is 5.73. The maximum Gasteiger partial charge on any atom is 0.263 e. The van der Waals surface area contributed by atoms with Crippen LogP contribution in [-0.2, 0) is 4.79 Å². The summed E-state index contributed by atoms with van der Waals surface area (Å²) in [4.78, 5) is 31.4. The highest BCUT2D eigenvalue weighted by Gasteiger charge is 2.20. The molecule has 1 atom stereocenters. The molecule has 2 heterocycles. The molecule has 2 aromatic heterocycles. The van der Waals surface area contributed by atoms with Crippen molar-refractivity contribution in [1.82, 2.24) is 9.55 Å². The van der Waals surface area contributed by atoms with E-state index in [1.807, 2.05) is 47.8 Å². The van der Waals surface area contributed by atoms with Gasteiger partial charge in [0.2, 0.25) is 5.91 Å². The van der Waals surface area contributed by atoms with Gasteiger partial charge in [0.25, 0.3) is 5.56 Å². The number of carbonyl (C=O) groups is 1. The molecule has 7 heteroatoms. The summed E-state index contributed by atoms with van der Waals surface area (Å²) in [6, 6.07) is 24.9. The molecule has 0 aliphatic heterocycles. The van der Waals surface area contributed by atoms with E-state index in [9.17, 15) is 9.59 Å². The molecule has 1 N–H and O–H groups in total. The summed E-state index contributed by atoms with van der Waals surface area (Å²) >= 11 is 4.81. The van der Waals surface area contributed by atoms with E-state index in [4.69, 9.17) is 0 Å². The van der Waals surface area contributed by atoms with E-state index in [1.54, 1.807) is 19.1 Å². The van der Waals surface area contributed by atoms with Crippen molar-refractivity contribution in [3.63, 3.8) is 0 Å². The Kier molecular flexibility index (Phi) is 6.13. The quantitative estimate of drug-likeness (QED) is 0.273. The predicted molar refractivity (Wildman–Crippen MR) is 142 cm³/mol. The van der Waals surface area contributed by atoms with Crippen LogP contribution in [0.15, 0.2) is 99.8 Å². The molecular weight excluding hydrogens is 510 g/mol. The van der Waals surface area contributed by atoms with Crippen molar-refractivity contribution in [2.24, 2.45) is 0 Å². The lowest BCUT2D eigenvalue weighted by atomic mass is 10.0. The van der Waals surface area contributed by atoms with Crippen LogP contribution in [0.25, 0.3) is 32.5 Å². The molecule has 0 radical (unpaired) electrons. The summed E-state index contributed by atoms with van der Waals surface area (Å²) in [7, 11) is 0. The van der Waals surface area contributed by atoms with Crippen LogP contribution in [0.1, 0.15) is 13.0 Å². The van der Waals surface area contributed by atoms with E-state index >= 15 is 0 Å². The molecule has 34 heavy (non-hydrogen) atoms. The van der Waals surface area contributed by atoms with Gasteiger partial charge in [-0.1, -0.05) is 70.5 Å². The molecule has 1 amide bonds. The Morgan fingerprint density at radius 2 is 1.59 bits per heavy atom. The summed E-state index contributed by atoms with van der Waals surface area (Å²) in [5.41, 5.74) is 4.45. The van der Waals surface area contributed by atoms with E-state index in [-0.39, 0.29) is 11.5 Å². The largest absolute Gasteiger partial charge is 0.324 e. The molecule has 0 saturated carbocycles. The van der Waals surface area contributed by atoms with Crippen LogP contribution in [0.3, 0.4) is 0 Å². The number of nitrogens with zero attached hydrogens (tertiary/aromatic N) is 2. The average Bonchev–Trinajstić information content (AvgIpc) is 3.31. The lowest BCUT2D eigenvalue weighted by Crippen LogP contribution is -2.31. The Hall–Kier alpha value is -3.55. The lowest BCUT2D eigenvalue weighted by molar-refractivity contribution is -0.118. The fourth-order valence-electron chi connectivity index (χ4n) is 3.81. The number of fused-ring (bicyclic) bond motifs is 1. The van der Waals surface area contributed by atoms with Gasteiger partial charge in [-0.2, -0.15) is 0 Å². The minimum Gasteiger partial charge on any atom is -0.324 e. The Bertz CT molecular complexity index is 1530. The van der Waals surface area contributed by atoms with Crippen molar-refractivity contribution < 1.29 is 4.79 Å². The fraction of sp³-hybridized carbons (Fsp3) is 0.0741. The number of hydrogen-bond donors (Lipinski definition) is 1. The van der Waals surface area contributed by atoms with Gasteiger partial charge in [0, 0.05) is 21.1 Å². The normalized spacial score (nSPS) is 11.9. The SMILES string of the molecule is CC(C(=O)Nc1ccc(Br)cc1)n1cnc2scc(-c3ccc(-c4ccccc4)cc3)c2c1=O. The third-order valence-corrected chi connectivity index (χ3v) is 7.15. The zero-order valence-electron chi connectivity index (χ0n) is 18.2. The lowest BCUT2D eigenvalue weighted by Gasteiger charge is -2.15. The molecule has 168 valence electrons. The molecule has 0 spiro atoms. The molecule has 5 nitrogen and oxygen atoms in total. The van der Waals surface area contributed by atoms with Gasteiger partial charge in [0.15, 0.2) is 0 Å². The number of benzene rings is 3. The van der Waals surface area contributed by atoms with Crippen LogP contribution >= 0.6 is 27.3 Å². The van der Waals surface area contributed by atoms with Gasteiger partial charge in [-0.15, -0.1) is 11.3 Å². The van der Waals surface area contributed by atoms with Crippen molar-refractivity contribution in [3.05, 3.63) is 105 Å². The Balaban J connectivity index is 1.47. The second-order valence-electron chi connectivity index (χ2n) is 7.90. The summed E-state index contributed by atoms with van der Waals surface area (Å²) < 4.78 is 2.32. The number of nitrogens with one attached hydrogen (secondary N) is 1.